The van der Waals surface area contributed by atoms with E-state index < -0.39 is 10.0 Å². The molecule has 0 unspecified atom stereocenters. The van der Waals surface area contributed by atoms with E-state index in [1.165, 1.54) is 31.3 Å². The number of carbonyl (C=O) groups excluding carboxylic acids is 1. The van der Waals surface area contributed by atoms with Gasteiger partial charge >= 0.3 is 0 Å². The number of carbonyl (C=O) groups is 1. The van der Waals surface area contributed by atoms with Gasteiger partial charge in [-0.05, 0) is 67.6 Å². The molecule has 3 aromatic carbocycles. The topological polar surface area (TPSA) is 93.1 Å². The maximum absolute atomic E-state index is 13.4. The van der Waals surface area contributed by atoms with Crippen LogP contribution in [0, 0.1) is 5.82 Å². The third-order valence-electron chi connectivity index (χ3n) is 5.55. The fraction of sp³-hybridized carbons (Fsp3) is 0.154. The second-order valence-electron chi connectivity index (χ2n) is 7.92. The van der Waals surface area contributed by atoms with E-state index in [9.17, 15) is 17.6 Å². The van der Waals surface area contributed by atoms with E-state index in [1.54, 1.807) is 28.9 Å². The van der Waals surface area contributed by atoms with Gasteiger partial charge in [-0.1, -0.05) is 30.3 Å². The highest BCUT2D eigenvalue weighted by atomic mass is 32.2. The Morgan fingerprint density at radius 3 is 2.31 bits per heavy atom. The molecule has 0 aliphatic carbocycles. The van der Waals surface area contributed by atoms with E-state index in [1.807, 2.05) is 36.5 Å². The molecule has 4 rings (SSSR count). The van der Waals surface area contributed by atoms with Crippen molar-refractivity contribution in [1.29, 1.82) is 0 Å². The summed E-state index contributed by atoms with van der Waals surface area (Å²) in [5.41, 5.74) is 3.95. The van der Waals surface area contributed by atoms with Crippen LogP contribution in [0.4, 0.5) is 4.39 Å². The van der Waals surface area contributed by atoms with Gasteiger partial charge in [-0.25, -0.2) is 22.2 Å². The lowest BCUT2D eigenvalue weighted by atomic mass is 10.1. The standard InChI is InChI=1S/C26H25FN4O3S/c1-28-35(33,34)24-14-7-19(8-15-24)9-16-25(32)29-17-21-18-31(23-5-3-2-4-6-23)30-26(21)20-10-12-22(27)13-11-20/h2-8,10-15,18,28H,9,16-17H2,1H3,(H,29,32). The van der Waals surface area contributed by atoms with E-state index >= 15 is 0 Å². The van der Waals surface area contributed by atoms with Crippen molar-refractivity contribution in [2.24, 2.45) is 0 Å². The number of sulfonamides is 1. The minimum atomic E-state index is -3.49. The molecule has 1 heterocycles. The Bertz CT molecular complexity index is 1400. The first-order valence-corrected chi connectivity index (χ1v) is 12.5. The lowest BCUT2D eigenvalue weighted by Gasteiger charge is -2.07. The largest absolute Gasteiger partial charge is 0.352 e. The lowest BCUT2D eigenvalue weighted by Crippen LogP contribution is -2.23. The van der Waals surface area contributed by atoms with Crippen LogP contribution in [0.15, 0.2) is 90.0 Å². The van der Waals surface area contributed by atoms with Crippen LogP contribution in [-0.2, 0) is 27.8 Å². The van der Waals surface area contributed by atoms with Gasteiger partial charge in [0.1, 0.15) is 5.82 Å². The maximum atomic E-state index is 13.4. The summed E-state index contributed by atoms with van der Waals surface area (Å²) in [6, 6.07) is 22.1. The van der Waals surface area contributed by atoms with Crippen LogP contribution in [0.1, 0.15) is 17.5 Å². The van der Waals surface area contributed by atoms with Crippen molar-refractivity contribution in [3.63, 3.8) is 0 Å². The number of nitrogens with one attached hydrogen (secondary N) is 2. The Morgan fingerprint density at radius 1 is 0.971 bits per heavy atom. The smallest absolute Gasteiger partial charge is 0.240 e. The van der Waals surface area contributed by atoms with Crippen molar-refractivity contribution in [3.05, 3.63) is 102 Å². The predicted octanol–water partition coefficient (Wildman–Crippen LogP) is 3.84. The highest BCUT2D eigenvalue weighted by Gasteiger charge is 2.14. The molecule has 0 saturated carbocycles. The van der Waals surface area contributed by atoms with Crippen molar-refractivity contribution >= 4 is 15.9 Å². The van der Waals surface area contributed by atoms with Gasteiger partial charge in [0, 0.05) is 30.3 Å². The summed E-state index contributed by atoms with van der Waals surface area (Å²) in [4.78, 5) is 12.7. The minimum Gasteiger partial charge on any atom is -0.352 e. The number of benzene rings is 3. The normalized spacial score (nSPS) is 11.4. The van der Waals surface area contributed by atoms with Crippen LogP contribution in [0.3, 0.4) is 0 Å². The first-order chi connectivity index (χ1) is 16.9. The molecule has 9 heteroatoms. The third kappa shape index (κ3) is 6.00. The monoisotopic (exact) mass is 492 g/mol. The maximum Gasteiger partial charge on any atom is 0.240 e. The van der Waals surface area contributed by atoms with Crippen LogP contribution >= 0.6 is 0 Å². The van der Waals surface area contributed by atoms with E-state index in [4.69, 9.17) is 0 Å². The van der Waals surface area contributed by atoms with Gasteiger partial charge in [-0.3, -0.25) is 4.79 Å². The van der Waals surface area contributed by atoms with Crippen LogP contribution in [0.5, 0.6) is 0 Å². The molecule has 0 bridgehead atoms. The number of para-hydroxylation sites is 1. The fourth-order valence-corrected chi connectivity index (χ4v) is 4.33. The molecule has 0 spiro atoms. The van der Waals surface area contributed by atoms with Crippen LogP contribution in [0.2, 0.25) is 0 Å². The minimum absolute atomic E-state index is 0.144. The van der Waals surface area contributed by atoms with Crippen molar-refractivity contribution in [2.45, 2.75) is 24.3 Å². The van der Waals surface area contributed by atoms with Crippen molar-refractivity contribution in [2.75, 3.05) is 7.05 Å². The van der Waals surface area contributed by atoms with Crippen LogP contribution in [0.25, 0.3) is 16.9 Å². The summed E-state index contributed by atoms with van der Waals surface area (Å²) >= 11 is 0. The number of rotatable bonds is 9. The first-order valence-electron chi connectivity index (χ1n) is 11.0. The zero-order chi connectivity index (χ0) is 24.8. The SMILES string of the molecule is CNS(=O)(=O)c1ccc(CCC(=O)NCc2cn(-c3ccccc3)nc2-c2ccc(F)cc2)cc1. The van der Waals surface area contributed by atoms with Gasteiger partial charge in [0.2, 0.25) is 15.9 Å². The molecule has 4 aromatic rings. The van der Waals surface area contributed by atoms with Crippen LogP contribution < -0.4 is 10.0 Å². The van der Waals surface area contributed by atoms with E-state index in [0.29, 0.717) is 12.1 Å². The van der Waals surface area contributed by atoms with Crippen molar-refractivity contribution < 1.29 is 17.6 Å². The number of aromatic nitrogens is 2. The molecule has 1 amide bonds. The summed E-state index contributed by atoms with van der Waals surface area (Å²) < 4.78 is 41.1. The van der Waals surface area contributed by atoms with Crippen molar-refractivity contribution in [1.82, 2.24) is 19.8 Å². The van der Waals surface area contributed by atoms with E-state index in [0.717, 1.165) is 22.4 Å². The highest BCUT2D eigenvalue weighted by molar-refractivity contribution is 7.89. The molecular formula is C26H25FN4O3S. The number of hydrogen-bond acceptors (Lipinski definition) is 4. The van der Waals surface area contributed by atoms with Crippen molar-refractivity contribution in [3.8, 4) is 16.9 Å². The number of nitrogens with zero attached hydrogens (tertiary/aromatic N) is 2. The second kappa shape index (κ2) is 10.6. The molecule has 1 aromatic heterocycles. The first kappa shape index (κ1) is 24.3. The molecular weight excluding hydrogens is 467 g/mol. The summed E-state index contributed by atoms with van der Waals surface area (Å²) in [6.07, 6.45) is 2.58. The molecule has 0 radical (unpaired) electrons. The van der Waals surface area contributed by atoms with Gasteiger partial charge in [0.05, 0.1) is 16.3 Å². The number of hydrogen-bond donors (Lipinski definition) is 2. The Morgan fingerprint density at radius 2 is 1.66 bits per heavy atom. The number of amides is 1. The Hall–Kier alpha value is -3.82. The number of halogens is 1. The lowest BCUT2D eigenvalue weighted by molar-refractivity contribution is -0.121. The van der Waals surface area contributed by atoms with Gasteiger partial charge in [-0.2, -0.15) is 5.10 Å². The van der Waals surface area contributed by atoms with Gasteiger partial charge in [-0.15, -0.1) is 0 Å². The molecule has 0 atom stereocenters. The van der Waals surface area contributed by atoms with Gasteiger partial charge < -0.3 is 5.32 Å². The average Bonchev–Trinajstić information content (AvgIpc) is 3.32. The quantitative estimate of drug-likeness (QED) is 0.371. The second-order valence-corrected chi connectivity index (χ2v) is 9.80. The molecule has 35 heavy (non-hydrogen) atoms. The molecule has 0 saturated heterocycles. The third-order valence-corrected chi connectivity index (χ3v) is 6.98. The summed E-state index contributed by atoms with van der Waals surface area (Å²) in [7, 11) is -2.13. The fourth-order valence-electron chi connectivity index (χ4n) is 3.60. The van der Waals surface area contributed by atoms with Gasteiger partial charge in [0.25, 0.3) is 0 Å². The Labute approximate surface area is 203 Å². The average molecular weight is 493 g/mol. The van der Waals surface area contributed by atoms with Gasteiger partial charge in [0.15, 0.2) is 0 Å². The molecule has 0 fully saturated rings. The zero-order valence-corrected chi connectivity index (χ0v) is 19.9. The zero-order valence-electron chi connectivity index (χ0n) is 19.1. The summed E-state index contributed by atoms with van der Waals surface area (Å²) in [5.74, 6) is -0.475. The van der Waals surface area contributed by atoms with Crippen LogP contribution in [-0.4, -0.2) is 31.2 Å². The molecule has 180 valence electrons. The molecule has 7 nitrogen and oxygen atoms in total. The van der Waals surface area contributed by atoms with E-state index in [2.05, 4.69) is 15.1 Å². The van der Waals surface area contributed by atoms with E-state index in [-0.39, 0.29) is 29.6 Å². The highest BCUT2D eigenvalue weighted by Crippen LogP contribution is 2.24. The molecule has 2 N–H and O–H groups in total. The molecule has 0 aliphatic heterocycles. The Balaban J connectivity index is 1.44. The number of aryl methyl sites for hydroxylation is 1. The predicted molar refractivity (Wildman–Crippen MR) is 132 cm³/mol. The molecule has 0 aliphatic rings. The Kier molecular flexibility index (Phi) is 7.38. The summed E-state index contributed by atoms with van der Waals surface area (Å²) in [6.45, 7) is 0.262. The summed E-state index contributed by atoms with van der Waals surface area (Å²) in [5, 5.41) is 7.60.